The summed E-state index contributed by atoms with van der Waals surface area (Å²) >= 11 is 0. The van der Waals surface area contributed by atoms with Crippen LogP contribution in [-0.2, 0) is 19.6 Å². The molecule has 0 saturated heterocycles. The lowest BCUT2D eigenvalue weighted by molar-refractivity contribution is -0.355. The maximum atomic E-state index is 5.43. The van der Waals surface area contributed by atoms with Crippen molar-refractivity contribution in [2.24, 2.45) is 0 Å². The molecule has 0 aromatic heterocycles. The average molecular weight is 318 g/mol. The van der Waals surface area contributed by atoms with Crippen molar-refractivity contribution in [1.29, 1.82) is 0 Å². The predicted octanol–water partition coefficient (Wildman–Crippen LogP) is 5.60. The summed E-state index contributed by atoms with van der Waals surface area (Å²) in [6.07, 6.45) is 8.52. The van der Waals surface area contributed by atoms with Gasteiger partial charge in [0.15, 0.2) is 0 Å². The Morgan fingerprint density at radius 3 is 1.27 bits per heavy atom. The minimum Gasteiger partial charge on any atom is -0.236 e. The summed E-state index contributed by atoms with van der Waals surface area (Å²) in [7, 11) is 0. The molecule has 4 heteroatoms. The van der Waals surface area contributed by atoms with E-state index >= 15 is 0 Å². The van der Waals surface area contributed by atoms with E-state index in [0.29, 0.717) is 13.2 Å². The van der Waals surface area contributed by atoms with Crippen molar-refractivity contribution < 1.29 is 19.6 Å². The minimum absolute atomic E-state index is 0.175. The van der Waals surface area contributed by atoms with E-state index in [2.05, 4.69) is 41.5 Å². The molecule has 0 atom stereocenters. The van der Waals surface area contributed by atoms with Gasteiger partial charge in [-0.25, -0.2) is 19.6 Å². The maximum absolute atomic E-state index is 5.43. The smallest absolute Gasteiger partial charge is 0.0980 e. The number of hydrogen-bond donors (Lipinski definition) is 0. The quantitative estimate of drug-likeness (QED) is 0.224. The fourth-order valence-corrected chi connectivity index (χ4v) is 2.37. The molecule has 0 aromatic rings. The van der Waals surface area contributed by atoms with Crippen LogP contribution in [0.3, 0.4) is 0 Å². The van der Waals surface area contributed by atoms with Gasteiger partial charge in [-0.3, -0.25) is 0 Å². The first-order chi connectivity index (χ1) is 10.3. The lowest BCUT2D eigenvalue weighted by Gasteiger charge is -2.23. The maximum Gasteiger partial charge on any atom is 0.0980 e. The van der Waals surface area contributed by atoms with Crippen molar-refractivity contribution in [2.45, 2.75) is 104 Å². The lowest BCUT2D eigenvalue weighted by Crippen LogP contribution is -2.24. The molecule has 22 heavy (non-hydrogen) atoms. The van der Waals surface area contributed by atoms with Crippen LogP contribution in [0, 0.1) is 0 Å². The van der Waals surface area contributed by atoms with Gasteiger partial charge in [-0.15, -0.1) is 0 Å². The molecular weight excluding hydrogens is 280 g/mol. The van der Waals surface area contributed by atoms with Crippen LogP contribution in [0.2, 0.25) is 0 Å². The Morgan fingerprint density at radius 2 is 0.955 bits per heavy atom. The average Bonchev–Trinajstić information content (AvgIpc) is 2.40. The van der Waals surface area contributed by atoms with Gasteiger partial charge in [0.2, 0.25) is 0 Å². The van der Waals surface area contributed by atoms with Gasteiger partial charge in [0.1, 0.15) is 0 Å². The van der Waals surface area contributed by atoms with Gasteiger partial charge >= 0.3 is 0 Å². The third kappa shape index (κ3) is 13.5. The van der Waals surface area contributed by atoms with E-state index in [1.54, 1.807) is 0 Å². The van der Waals surface area contributed by atoms with Crippen LogP contribution >= 0.6 is 0 Å². The zero-order valence-electron chi connectivity index (χ0n) is 15.7. The zero-order valence-corrected chi connectivity index (χ0v) is 15.7. The van der Waals surface area contributed by atoms with Crippen molar-refractivity contribution in [2.75, 3.05) is 13.2 Å². The fraction of sp³-hybridized carbons (Fsp3) is 1.00. The van der Waals surface area contributed by atoms with Crippen molar-refractivity contribution in [3.63, 3.8) is 0 Å². The summed E-state index contributed by atoms with van der Waals surface area (Å²) in [5, 5.41) is 0. The highest BCUT2D eigenvalue weighted by Crippen LogP contribution is 2.18. The van der Waals surface area contributed by atoms with Crippen LogP contribution in [-0.4, -0.2) is 24.4 Å². The van der Waals surface area contributed by atoms with Gasteiger partial charge in [0, 0.05) is 0 Å². The number of rotatable bonds is 15. The second kappa shape index (κ2) is 12.3. The van der Waals surface area contributed by atoms with Crippen LogP contribution in [0.4, 0.5) is 0 Å². The topological polar surface area (TPSA) is 36.9 Å². The van der Waals surface area contributed by atoms with Gasteiger partial charge in [-0.1, -0.05) is 39.5 Å². The molecule has 0 aliphatic rings. The van der Waals surface area contributed by atoms with Gasteiger partial charge in [-0.2, -0.15) is 0 Å². The highest BCUT2D eigenvalue weighted by atomic mass is 17.2. The SMILES string of the molecule is CCCC(C)(C)OOCCCCCCOOC(C)(C)CCC. The zero-order chi connectivity index (χ0) is 16.9. The second-order valence-corrected chi connectivity index (χ2v) is 7.24. The Balaban J connectivity index is 3.34. The molecule has 0 aromatic carbocycles. The molecule has 0 heterocycles. The molecular formula is C18H38O4. The second-order valence-electron chi connectivity index (χ2n) is 7.24. The molecule has 134 valence electrons. The molecule has 0 spiro atoms. The summed E-state index contributed by atoms with van der Waals surface area (Å²) in [6, 6.07) is 0. The number of unbranched alkanes of at least 4 members (excludes halogenated alkanes) is 3. The molecule has 0 fully saturated rings. The summed E-state index contributed by atoms with van der Waals surface area (Å²) in [5.74, 6) is 0. The fourth-order valence-electron chi connectivity index (χ4n) is 2.37. The molecule has 4 nitrogen and oxygen atoms in total. The molecule has 0 bridgehead atoms. The van der Waals surface area contributed by atoms with E-state index in [9.17, 15) is 0 Å². The van der Waals surface area contributed by atoms with E-state index in [-0.39, 0.29) is 11.2 Å². The third-order valence-corrected chi connectivity index (χ3v) is 3.48. The largest absolute Gasteiger partial charge is 0.236 e. The minimum atomic E-state index is -0.175. The first kappa shape index (κ1) is 21.8. The van der Waals surface area contributed by atoms with Gasteiger partial charge < -0.3 is 0 Å². The molecule has 0 N–H and O–H groups in total. The number of hydrogen-bond acceptors (Lipinski definition) is 4. The Kier molecular flexibility index (Phi) is 12.2. The van der Waals surface area contributed by atoms with Crippen molar-refractivity contribution >= 4 is 0 Å². The normalized spacial score (nSPS) is 12.8. The van der Waals surface area contributed by atoms with E-state index in [1.807, 2.05) is 0 Å². The lowest BCUT2D eigenvalue weighted by atomic mass is 10.0. The van der Waals surface area contributed by atoms with E-state index in [1.165, 1.54) is 0 Å². The van der Waals surface area contributed by atoms with Crippen LogP contribution in [0.15, 0.2) is 0 Å². The van der Waals surface area contributed by atoms with E-state index in [4.69, 9.17) is 19.6 Å². The van der Waals surface area contributed by atoms with Crippen LogP contribution < -0.4 is 0 Å². The highest BCUT2D eigenvalue weighted by Gasteiger charge is 2.19. The molecule has 0 unspecified atom stereocenters. The van der Waals surface area contributed by atoms with Crippen LogP contribution in [0.1, 0.15) is 92.9 Å². The van der Waals surface area contributed by atoms with Gasteiger partial charge in [-0.05, 0) is 53.4 Å². The third-order valence-electron chi connectivity index (χ3n) is 3.48. The first-order valence-corrected chi connectivity index (χ1v) is 8.94. The van der Waals surface area contributed by atoms with E-state index < -0.39 is 0 Å². The Bertz CT molecular complexity index is 225. The molecule has 0 amide bonds. The molecule has 0 aliphatic carbocycles. The Hall–Kier alpha value is -0.160. The Morgan fingerprint density at radius 1 is 0.591 bits per heavy atom. The molecule has 0 aliphatic heterocycles. The van der Waals surface area contributed by atoms with Gasteiger partial charge in [0.05, 0.1) is 24.4 Å². The van der Waals surface area contributed by atoms with Crippen LogP contribution in [0.5, 0.6) is 0 Å². The molecule has 0 rings (SSSR count). The summed E-state index contributed by atoms with van der Waals surface area (Å²) in [5.41, 5.74) is -0.351. The standard InChI is InChI=1S/C18H38O4/c1-7-13-17(3,4)21-19-15-11-9-10-12-16-20-22-18(5,6)14-8-2/h7-16H2,1-6H3. The summed E-state index contributed by atoms with van der Waals surface area (Å²) < 4.78 is 0. The highest BCUT2D eigenvalue weighted by molar-refractivity contribution is 4.65. The van der Waals surface area contributed by atoms with Crippen LogP contribution in [0.25, 0.3) is 0 Å². The summed E-state index contributed by atoms with van der Waals surface area (Å²) in [4.78, 5) is 21.5. The molecule has 0 saturated carbocycles. The first-order valence-electron chi connectivity index (χ1n) is 8.94. The summed E-state index contributed by atoms with van der Waals surface area (Å²) in [6.45, 7) is 13.9. The van der Waals surface area contributed by atoms with Crippen molar-refractivity contribution in [3.05, 3.63) is 0 Å². The van der Waals surface area contributed by atoms with E-state index in [0.717, 1.165) is 51.4 Å². The molecule has 0 radical (unpaired) electrons. The van der Waals surface area contributed by atoms with Crippen molar-refractivity contribution in [1.82, 2.24) is 0 Å². The predicted molar refractivity (Wildman–Crippen MR) is 90.5 cm³/mol. The Labute approximate surface area is 137 Å². The monoisotopic (exact) mass is 318 g/mol. The van der Waals surface area contributed by atoms with Crippen molar-refractivity contribution in [3.8, 4) is 0 Å². The van der Waals surface area contributed by atoms with Gasteiger partial charge in [0.25, 0.3) is 0 Å².